The first-order chi connectivity index (χ1) is 12.1. The fourth-order valence-corrected chi connectivity index (χ4v) is 3.80. The van der Waals surface area contributed by atoms with Crippen LogP contribution in [0.1, 0.15) is 12.0 Å². The molecular formula is C19H18ClN3O2. The second kappa shape index (κ2) is 6.41. The number of rotatable bonds is 3. The fraction of sp³-hybridized carbons (Fsp3) is 0.263. The van der Waals surface area contributed by atoms with Crippen LogP contribution >= 0.6 is 11.6 Å². The molecule has 1 saturated heterocycles. The zero-order chi connectivity index (χ0) is 17.4. The number of nitrogens with zero attached hydrogens (tertiary/aromatic N) is 1. The normalized spacial score (nSPS) is 21.3. The van der Waals surface area contributed by atoms with Crippen LogP contribution in [0, 0.1) is 0 Å². The van der Waals surface area contributed by atoms with E-state index >= 15 is 0 Å². The number of hydrogen-bond acceptors (Lipinski definition) is 3. The summed E-state index contributed by atoms with van der Waals surface area (Å²) in [7, 11) is 0. The van der Waals surface area contributed by atoms with E-state index in [9.17, 15) is 9.59 Å². The number of hydrogen-bond donors (Lipinski definition) is 2. The van der Waals surface area contributed by atoms with Gasteiger partial charge in [-0.1, -0.05) is 41.9 Å². The predicted molar refractivity (Wildman–Crippen MR) is 97.9 cm³/mol. The number of para-hydroxylation sites is 2. The molecule has 0 spiro atoms. The third-order valence-corrected chi connectivity index (χ3v) is 5.12. The summed E-state index contributed by atoms with van der Waals surface area (Å²) in [6, 6.07) is 14.8. The van der Waals surface area contributed by atoms with E-state index in [1.807, 2.05) is 42.5 Å². The number of fused-ring (bicyclic) bond motifs is 3. The number of anilines is 2. The summed E-state index contributed by atoms with van der Waals surface area (Å²) < 4.78 is 0. The molecule has 2 aliphatic rings. The van der Waals surface area contributed by atoms with E-state index in [0.717, 1.165) is 16.9 Å². The van der Waals surface area contributed by atoms with Crippen LogP contribution in [-0.2, 0) is 16.0 Å². The molecule has 1 fully saturated rings. The Bertz CT molecular complexity index is 839. The number of amides is 2. The molecule has 2 aromatic carbocycles. The van der Waals surface area contributed by atoms with Gasteiger partial charge >= 0.3 is 0 Å². The maximum atomic E-state index is 12.4. The van der Waals surface area contributed by atoms with Crippen molar-refractivity contribution in [2.45, 2.75) is 24.9 Å². The van der Waals surface area contributed by atoms with Crippen LogP contribution in [0.2, 0.25) is 5.02 Å². The van der Waals surface area contributed by atoms with Gasteiger partial charge in [0.05, 0.1) is 17.8 Å². The topological polar surface area (TPSA) is 61.4 Å². The van der Waals surface area contributed by atoms with Gasteiger partial charge in [0.15, 0.2) is 0 Å². The van der Waals surface area contributed by atoms with Crippen molar-refractivity contribution in [2.24, 2.45) is 0 Å². The number of nitrogens with one attached hydrogen (secondary N) is 2. The molecule has 0 bridgehead atoms. The van der Waals surface area contributed by atoms with Gasteiger partial charge < -0.3 is 15.5 Å². The van der Waals surface area contributed by atoms with E-state index in [1.165, 1.54) is 0 Å². The van der Waals surface area contributed by atoms with Crippen LogP contribution in [0.15, 0.2) is 48.5 Å². The SMILES string of the molecule is O=C(Cc1ccccc1Cl)NC1CC2C(=O)Nc3ccccc3N2C1. The van der Waals surface area contributed by atoms with Gasteiger partial charge in [0, 0.05) is 17.6 Å². The standard InChI is InChI=1S/C19H18ClN3O2/c20-14-6-2-1-5-12(14)9-18(24)21-13-10-17-19(25)22-15-7-3-4-8-16(15)23(17)11-13/h1-8,13,17H,9-11H2,(H,21,24)(H,22,25). The average molecular weight is 356 g/mol. The Labute approximate surface area is 151 Å². The van der Waals surface area contributed by atoms with Gasteiger partial charge in [-0.2, -0.15) is 0 Å². The number of benzene rings is 2. The smallest absolute Gasteiger partial charge is 0.247 e. The van der Waals surface area contributed by atoms with Gasteiger partial charge in [-0.05, 0) is 30.2 Å². The molecule has 0 radical (unpaired) electrons. The highest BCUT2D eigenvalue weighted by atomic mass is 35.5. The Morgan fingerprint density at radius 1 is 1.20 bits per heavy atom. The summed E-state index contributed by atoms with van der Waals surface area (Å²) in [5.41, 5.74) is 2.64. The summed E-state index contributed by atoms with van der Waals surface area (Å²) in [4.78, 5) is 26.8. The van der Waals surface area contributed by atoms with Gasteiger partial charge in [-0.15, -0.1) is 0 Å². The van der Waals surface area contributed by atoms with Crippen LogP contribution in [0.5, 0.6) is 0 Å². The van der Waals surface area contributed by atoms with E-state index in [0.29, 0.717) is 18.0 Å². The molecular weight excluding hydrogens is 338 g/mol. The molecule has 2 unspecified atom stereocenters. The van der Waals surface area contributed by atoms with Crippen molar-refractivity contribution in [1.82, 2.24) is 5.32 Å². The highest BCUT2D eigenvalue weighted by Gasteiger charge is 2.41. The summed E-state index contributed by atoms with van der Waals surface area (Å²) in [5.74, 6) is -0.0896. The lowest BCUT2D eigenvalue weighted by atomic mass is 10.1. The Hall–Kier alpha value is -2.53. The zero-order valence-corrected chi connectivity index (χ0v) is 14.3. The summed E-state index contributed by atoms with van der Waals surface area (Å²) >= 11 is 6.12. The van der Waals surface area contributed by atoms with Crippen molar-refractivity contribution >= 4 is 34.8 Å². The van der Waals surface area contributed by atoms with Gasteiger partial charge in [-0.3, -0.25) is 9.59 Å². The zero-order valence-electron chi connectivity index (χ0n) is 13.5. The molecule has 6 heteroatoms. The highest BCUT2D eigenvalue weighted by Crippen LogP contribution is 2.36. The third-order valence-electron chi connectivity index (χ3n) is 4.75. The minimum atomic E-state index is -0.236. The monoisotopic (exact) mass is 355 g/mol. The Balaban J connectivity index is 1.45. The average Bonchev–Trinajstić information content (AvgIpc) is 3.01. The van der Waals surface area contributed by atoms with Crippen LogP contribution < -0.4 is 15.5 Å². The second-order valence-electron chi connectivity index (χ2n) is 6.44. The van der Waals surface area contributed by atoms with E-state index in [4.69, 9.17) is 11.6 Å². The van der Waals surface area contributed by atoms with E-state index in [-0.39, 0.29) is 30.3 Å². The molecule has 2 atom stereocenters. The van der Waals surface area contributed by atoms with Crippen LogP contribution in [0.4, 0.5) is 11.4 Å². The summed E-state index contributed by atoms with van der Waals surface area (Å²) in [6.45, 7) is 0.628. The maximum Gasteiger partial charge on any atom is 0.247 e. The molecule has 4 rings (SSSR count). The molecule has 0 aliphatic carbocycles. The molecule has 2 aromatic rings. The minimum absolute atomic E-state index is 0.0125. The lowest BCUT2D eigenvalue weighted by Crippen LogP contribution is -2.44. The Kier molecular flexibility index (Phi) is 4.09. The molecule has 2 N–H and O–H groups in total. The lowest BCUT2D eigenvalue weighted by molar-refractivity contribution is -0.121. The first-order valence-corrected chi connectivity index (χ1v) is 8.69. The van der Waals surface area contributed by atoms with E-state index < -0.39 is 0 Å². The van der Waals surface area contributed by atoms with Crippen molar-refractivity contribution in [3.05, 3.63) is 59.1 Å². The van der Waals surface area contributed by atoms with Crippen molar-refractivity contribution in [3.8, 4) is 0 Å². The summed E-state index contributed by atoms with van der Waals surface area (Å²) in [6.07, 6.45) is 0.845. The molecule has 0 aromatic heterocycles. The van der Waals surface area contributed by atoms with Crippen molar-refractivity contribution in [2.75, 3.05) is 16.8 Å². The third kappa shape index (κ3) is 3.07. The molecule has 5 nitrogen and oxygen atoms in total. The van der Waals surface area contributed by atoms with Gasteiger partial charge in [0.1, 0.15) is 6.04 Å². The molecule has 25 heavy (non-hydrogen) atoms. The Morgan fingerprint density at radius 3 is 2.80 bits per heavy atom. The van der Waals surface area contributed by atoms with Crippen LogP contribution in [0.25, 0.3) is 0 Å². The molecule has 2 amide bonds. The fourth-order valence-electron chi connectivity index (χ4n) is 3.59. The van der Waals surface area contributed by atoms with Crippen molar-refractivity contribution < 1.29 is 9.59 Å². The van der Waals surface area contributed by atoms with Crippen molar-refractivity contribution in [1.29, 1.82) is 0 Å². The number of halogens is 1. The number of carbonyl (C=O) groups excluding carboxylic acids is 2. The largest absolute Gasteiger partial charge is 0.356 e. The Morgan fingerprint density at radius 2 is 1.96 bits per heavy atom. The van der Waals surface area contributed by atoms with Crippen LogP contribution in [0.3, 0.4) is 0 Å². The lowest BCUT2D eigenvalue weighted by Gasteiger charge is -2.32. The molecule has 2 aliphatic heterocycles. The maximum absolute atomic E-state index is 12.4. The second-order valence-corrected chi connectivity index (χ2v) is 6.85. The predicted octanol–water partition coefficient (Wildman–Crippen LogP) is 2.60. The van der Waals surface area contributed by atoms with E-state index in [1.54, 1.807) is 6.07 Å². The highest BCUT2D eigenvalue weighted by molar-refractivity contribution is 6.31. The molecule has 0 saturated carbocycles. The quantitative estimate of drug-likeness (QED) is 0.889. The minimum Gasteiger partial charge on any atom is -0.356 e. The molecule has 128 valence electrons. The summed E-state index contributed by atoms with van der Waals surface area (Å²) in [5, 5.41) is 6.58. The first-order valence-electron chi connectivity index (χ1n) is 8.31. The molecule has 2 heterocycles. The van der Waals surface area contributed by atoms with E-state index in [2.05, 4.69) is 15.5 Å². The first kappa shape index (κ1) is 16.0. The van der Waals surface area contributed by atoms with Gasteiger partial charge in [0.2, 0.25) is 11.8 Å². The number of carbonyl (C=O) groups is 2. The van der Waals surface area contributed by atoms with Crippen LogP contribution in [-0.4, -0.2) is 30.4 Å². The van der Waals surface area contributed by atoms with Gasteiger partial charge in [0.25, 0.3) is 0 Å². The van der Waals surface area contributed by atoms with Gasteiger partial charge in [-0.25, -0.2) is 0 Å². The van der Waals surface area contributed by atoms with Crippen molar-refractivity contribution in [3.63, 3.8) is 0 Å².